The van der Waals surface area contributed by atoms with E-state index in [-0.39, 0.29) is 16.2 Å². The molecule has 0 bridgehead atoms. The van der Waals surface area contributed by atoms with Crippen LogP contribution in [0.4, 0.5) is 0 Å². The third kappa shape index (κ3) is 2.87. The Bertz CT molecular complexity index is 839. The molecule has 5 nitrogen and oxygen atoms in total. The van der Waals surface area contributed by atoms with Gasteiger partial charge < -0.3 is 5.11 Å². The summed E-state index contributed by atoms with van der Waals surface area (Å²) in [6.45, 7) is 1.08. The minimum absolute atomic E-state index is 0.141. The molecule has 23 heavy (non-hydrogen) atoms. The van der Waals surface area contributed by atoms with E-state index in [1.807, 2.05) is 0 Å². The molecule has 0 aromatic heterocycles. The Labute approximate surface area is 135 Å². The van der Waals surface area contributed by atoms with Crippen molar-refractivity contribution in [2.24, 2.45) is 0 Å². The molecule has 0 amide bonds. The number of nitrogens with zero attached hydrogens (tertiary/aromatic N) is 1. The second kappa shape index (κ2) is 6.14. The van der Waals surface area contributed by atoms with Crippen LogP contribution in [0, 0.1) is 0 Å². The number of para-hydroxylation sites is 1. The largest absolute Gasteiger partial charge is 0.507 e. The average molecular weight is 331 g/mol. The van der Waals surface area contributed by atoms with Crippen LogP contribution in [0.25, 0.3) is 11.1 Å². The fourth-order valence-electron chi connectivity index (χ4n) is 2.79. The van der Waals surface area contributed by atoms with Gasteiger partial charge in [-0.1, -0.05) is 24.3 Å². The van der Waals surface area contributed by atoms with Gasteiger partial charge >= 0.3 is 0 Å². The number of sulfonamides is 1. The summed E-state index contributed by atoms with van der Waals surface area (Å²) < 4.78 is 26.7. The van der Waals surface area contributed by atoms with Gasteiger partial charge in [-0.2, -0.15) is 4.31 Å². The molecule has 2 aromatic carbocycles. The molecule has 0 aliphatic carbocycles. The number of hydrogen-bond acceptors (Lipinski definition) is 4. The molecular weight excluding hydrogens is 314 g/mol. The summed E-state index contributed by atoms with van der Waals surface area (Å²) >= 11 is 0. The predicted octanol–water partition coefficient (Wildman–Crippen LogP) is 2.66. The van der Waals surface area contributed by atoms with Crippen LogP contribution in [-0.4, -0.2) is 37.2 Å². The highest BCUT2D eigenvalue weighted by atomic mass is 32.2. The first-order valence-corrected chi connectivity index (χ1v) is 8.86. The van der Waals surface area contributed by atoms with Crippen molar-refractivity contribution in [1.29, 1.82) is 0 Å². The zero-order valence-electron chi connectivity index (χ0n) is 12.5. The number of rotatable bonds is 4. The smallest absolute Gasteiger partial charge is 0.243 e. The van der Waals surface area contributed by atoms with Crippen LogP contribution in [0.1, 0.15) is 23.2 Å². The van der Waals surface area contributed by atoms with Crippen molar-refractivity contribution in [1.82, 2.24) is 4.31 Å². The minimum Gasteiger partial charge on any atom is -0.507 e. The van der Waals surface area contributed by atoms with Crippen molar-refractivity contribution in [3.05, 3.63) is 48.0 Å². The lowest BCUT2D eigenvalue weighted by Crippen LogP contribution is -2.27. The Morgan fingerprint density at radius 2 is 1.74 bits per heavy atom. The van der Waals surface area contributed by atoms with Gasteiger partial charge in [-0.05, 0) is 36.6 Å². The molecule has 2 aromatic rings. The molecule has 0 spiro atoms. The van der Waals surface area contributed by atoms with Gasteiger partial charge in [-0.15, -0.1) is 0 Å². The van der Waals surface area contributed by atoms with E-state index in [0.29, 0.717) is 30.5 Å². The van der Waals surface area contributed by atoms with E-state index in [4.69, 9.17) is 0 Å². The van der Waals surface area contributed by atoms with Crippen LogP contribution in [0.15, 0.2) is 47.4 Å². The first-order valence-electron chi connectivity index (χ1n) is 7.42. The number of hydrogen-bond donors (Lipinski definition) is 1. The molecular formula is C17H17NO4S. The van der Waals surface area contributed by atoms with Crippen LogP contribution < -0.4 is 0 Å². The van der Waals surface area contributed by atoms with Crippen molar-refractivity contribution in [3.8, 4) is 16.9 Å². The molecule has 3 rings (SSSR count). The van der Waals surface area contributed by atoms with E-state index in [1.165, 1.54) is 16.4 Å². The Hall–Kier alpha value is -2.18. The average Bonchev–Trinajstić information content (AvgIpc) is 3.10. The molecule has 1 saturated heterocycles. The van der Waals surface area contributed by atoms with Crippen molar-refractivity contribution in [2.75, 3.05) is 13.1 Å². The molecule has 0 radical (unpaired) electrons. The van der Waals surface area contributed by atoms with Crippen LogP contribution >= 0.6 is 0 Å². The minimum atomic E-state index is -3.52. The first kappa shape index (κ1) is 15.7. The highest BCUT2D eigenvalue weighted by Crippen LogP contribution is 2.33. The molecule has 0 unspecified atom stereocenters. The zero-order valence-corrected chi connectivity index (χ0v) is 13.3. The van der Waals surface area contributed by atoms with E-state index in [0.717, 1.165) is 12.8 Å². The summed E-state index contributed by atoms with van der Waals surface area (Å²) in [6, 6.07) is 11.3. The molecule has 120 valence electrons. The molecule has 1 aliphatic rings. The highest BCUT2D eigenvalue weighted by Gasteiger charge is 2.27. The highest BCUT2D eigenvalue weighted by molar-refractivity contribution is 7.89. The van der Waals surface area contributed by atoms with Crippen molar-refractivity contribution >= 4 is 16.3 Å². The number of benzene rings is 2. The molecule has 1 fully saturated rings. The standard InChI is InChI=1S/C17H17NO4S/c19-12-14-6-4-8-16(17(14)20)13-5-3-7-15(11-13)23(21,22)18-9-1-2-10-18/h3-8,11-12,20H,1-2,9-10H2. The van der Waals surface area contributed by atoms with E-state index in [1.54, 1.807) is 30.3 Å². The van der Waals surface area contributed by atoms with Gasteiger partial charge in [0, 0.05) is 18.7 Å². The second-order valence-electron chi connectivity index (χ2n) is 5.50. The number of phenols is 1. The number of aldehydes is 1. The van der Waals surface area contributed by atoms with E-state index in [2.05, 4.69) is 0 Å². The van der Waals surface area contributed by atoms with Crippen molar-refractivity contribution < 1.29 is 18.3 Å². The summed E-state index contributed by atoms with van der Waals surface area (Å²) in [5.41, 5.74) is 1.18. The van der Waals surface area contributed by atoms with Gasteiger partial charge in [0.2, 0.25) is 10.0 Å². The number of phenolic OH excluding ortho intramolecular Hbond substituents is 1. The first-order chi connectivity index (χ1) is 11.0. The monoisotopic (exact) mass is 331 g/mol. The fourth-order valence-corrected chi connectivity index (χ4v) is 4.35. The maximum atomic E-state index is 12.6. The Kier molecular flexibility index (Phi) is 4.19. The Morgan fingerprint density at radius 3 is 2.43 bits per heavy atom. The van der Waals surface area contributed by atoms with Crippen LogP contribution in [-0.2, 0) is 10.0 Å². The third-order valence-corrected chi connectivity index (χ3v) is 5.94. The van der Waals surface area contributed by atoms with Crippen LogP contribution in [0.2, 0.25) is 0 Å². The fraction of sp³-hybridized carbons (Fsp3) is 0.235. The lowest BCUT2D eigenvalue weighted by atomic mass is 10.0. The second-order valence-corrected chi connectivity index (χ2v) is 7.44. The van der Waals surface area contributed by atoms with Gasteiger partial charge in [-0.3, -0.25) is 4.79 Å². The number of carbonyl (C=O) groups is 1. The predicted molar refractivity (Wildman–Crippen MR) is 86.9 cm³/mol. The normalized spacial score (nSPS) is 15.7. The SMILES string of the molecule is O=Cc1cccc(-c2cccc(S(=O)(=O)N3CCCC3)c2)c1O. The summed E-state index contributed by atoms with van der Waals surface area (Å²) in [5, 5.41) is 10.2. The lowest BCUT2D eigenvalue weighted by molar-refractivity contribution is 0.112. The topological polar surface area (TPSA) is 74.7 Å². The molecule has 0 saturated carbocycles. The quantitative estimate of drug-likeness (QED) is 0.874. The van der Waals surface area contributed by atoms with Crippen LogP contribution in [0.3, 0.4) is 0 Å². The maximum Gasteiger partial charge on any atom is 0.243 e. The Balaban J connectivity index is 2.06. The Morgan fingerprint density at radius 1 is 1.04 bits per heavy atom. The van der Waals surface area contributed by atoms with E-state index in [9.17, 15) is 18.3 Å². The van der Waals surface area contributed by atoms with E-state index >= 15 is 0 Å². The summed E-state index contributed by atoms with van der Waals surface area (Å²) in [7, 11) is -3.52. The maximum absolute atomic E-state index is 12.6. The third-order valence-electron chi connectivity index (χ3n) is 4.04. The summed E-state index contributed by atoms with van der Waals surface area (Å²) in [5.74, 6) is -0.141. The molecule has 0 atom stereocenters. The van der Waals surface area contributed by atoms with Crippen molar-refractivity contribution in [2.45, 2.75) is 17.7 Å². The number of carbonyl (C=O) groups excluding carboxylic acids is 1. The summed E-state index contributed by atoms with van der Waals surface area (Å²) in [4.78, 5) is 11.2. The molecule has 1 heterocycles. The van der Waals surface area contributed by atoms with Gasteiger partial charge in [0.25, 0.3) is 0 Å². The van der Waals surface area contributed by atoms with Crippen molar-refractivity contribution in [3.63, 3.8) is 0 Å². The summed E-state index contributed by atoms with van der Waals surface area (Å²) in [6.07, 6.45) is 2.33. The van der Waals surface area contributed by atoms with Gasteiger partial charge in [0.05, 0.1) is 10.5 Å². The molecule has 1 N–H and O–H groups in total. The van der Waals surface area contributed by atoms with Gasteiger partial charge in [0.15, 0.2) is 6.29 Å². The number of aromatic hydroxyl groups is 1. The molecule has 1 aliphatic heterocycles. The molecule has 6 heteroatoms. The van der Waals surface area contributed by atoms with Gasteiger partial charge in [0.1, 0.15) is 5.75 Å². The zero-order chi connectivity index (χ0) is 16.4. The lowest BCUT2D eigenvalue weighted by Gasteiger charge is -2.16. The van der Waals surface area contributed by atoms with Crippen LogP contribution in [0.5, 0.6) is 5.75 Å². The van der Waals surface area contributed by atoms with E-state index < -0.39 is 10.0 Å². The van der Waals surface area contributed by atoms with Gasteiger partial charge in [-0.25, -0.2) is 8.42 Å².